The summed E-state index contributed by atoms with van der Waals surface area (Å²) < 4.78 is 5.57. The first kappa shape index (κ1) is 16.9. The van der Waals surface area contributed by atoms with Gasteiger partial charge in [-0.05, 0) is 42.0 Å². The Hall–Kier alpha value is -2.59. The Labute approximate surface area is 152 Å². The largest absolute Gasteiger partial charge is 0.507 e. The highest BCUT2D eigenvalue weighted by molar-refractivity contribution is 5.95. The van der Waals surface area contributed by atoms with E-state index < -0.39 is 0 Å². The molecule has 0 aliphatic carbocycles. The zero-order valence-electron chi connectivity index (χ0n) is 15.0. The molecule has 0 bridgehead atoms. The first-order valence-corrected chi connectivity index (χ1v) is 9.29. The highest BCUT2D eigenvalue weighted by atomic mass is 16.4. The maximum absolute atomic E-state index is 12.2. The molecule has 2 N–H and O–H groups in total. The molecule has 0 spiro atoms. The number of aromatic hydroxyl groups is 1. The second-order valence-corrected chi connectivity index (χ2v) is 7.39. The number of phenolic OH excluding ortho intramolecular Hbond substituents is 1. The lowest BCUT2D eigenvalue weighted by Crippen LogP contribution is -3.11. The van der Waals surface area contributed by atoms with Crippen molar-refractivity contribution < 1.29 is 14.4 Å². The first-order valence-electron chi connectivity index (χ1n) is 9.29. The number of benzene rings is 2. The minimum atomic E-state index is -0.384. The van der Waals surface area contributed by atoms with Crippen molar-refractivity contribution in [2.75, 3.05) is 13.1 Å². The number of hydrogen-bond acceptors (Lipinski definition) is 3. The van der Waals surface area contributed by atoms with Gasteiger partial charge in [-0.2, -0.15) is 0 Å². The van der Waals surface area contributed by atoms with Gasteiger partial charge in [-0.1, -0.05) is 37.3 Å². The van der Waals surface area contributed by atoms with Crippen LogP contribution >= 0.6 is 0 Å². The summed E-state index contributed by atoms with van der Waals surface area (Å²) in [6, 6.07) is 14.9. The van der Waals surface area contributed by atoms with Gasteiger partial charge in [0.15, 0.2) is 5.58 Å². The second kappa shape index (κ2) is 6.96. The van der Waals surface area contributed by atoms with Crippen molar-refractivity contribution in [2.45, 2.75) is 26.3 Å². The van der Waals surface area contributed by atoms with Gasteiger partial charge in [0.1, 0.15) is 12.3 Å². The highest BCUT2D eigenvalue weighted by Gasteiger charge is 2.23. The van der Waals surface area contributed by atoms with Crippen molar-refractivity contribution in [3.8, 4) is 16.9 Å². The molecule has 1 aliphatic rings. The van der Waals surface area contributed by atoms with Gasteiger partial charge in [-0.25, -0.2) is 4.79 Å². The van der Waals surface area contributed by atoms with E-state index in [4.69, 9.17) is 4.42 Å². The van der Waals surface area contributed by atoms with Crippen LogP contribution in [0.2, 0.25) is 0 Å². The molecule has 134 valence electrons. The third-order valence-electron chi connectivity index (χ3n) is 5.48. The molecule has 0 amide bonds. The molecule has 2 aromatic carbocycles. The van der Waals surface area contributed by atoms with Crippen LogP contribution in [0.15, 0.2) is 57.7 Å². The molecule has 0 atom stereocenters. The van der Waals surface area contributed by atoms with Crippen LogP contribution in [-0.4, -0.2) is 18.2 Å². The summed E-state index contributed by atoms with van der Waals surface area (Å²) in [7, 11) is 0. The van der Waals surface area contributed by atoms with E-state index >= 15 is 0 Å². The molecular formula is C22H24NO3+. The Bertz CT molecular complexity index is 970. The van der Waals surface area contributed by atoms with Crippen molar-refractivity contribution in [3.05, 3.63) is 64.5 Å². The van der Waals surface area contributed by atoms with Gasteiger partial charge < -0.3 is 14.4 Å². The number of quaternary nitrogens is 1. The molecule has 1 fully saturated rings. The SMILES string of the molecule is CC1CC[NH+](Cc2c(O)ccc3c(-c4ccccc4)cc(=O)oc23)CC1. The summed E-state index contributed by atoms with van der Waals surface area (Å²) >= 11 is 0. The number of phenols is 1. The van der Waals surface area contributed by atoms with E-state index in [1.165, 1.54) is 23.8 Å². The van der Waals surface area contributed by atoms with Gasteiger partial charge in [0.25, 0.3) is 0 Å². The van der Waals surface area contributed by atoms with Crippen LogP contribution in [0.3, 0.4) is 0 Å². The molecular weight excluding hydrogens is 326 g/mol. The van der Waals surface area contributed by atoms with Gasteiger partial charge in [0.2, 0.25) is 0 Å². The number of hydrogen-bond donors (Lipinski definition) is 2. The fraction of sp³-hybridized carbons (Fsp3) is 0.318. The van der Waals surface area contributed by atoms with Crippen LogP contribution in [0.5, 0.6) is 5.75 Å². The summed E-state index contributed by atoms with van der Waals surface area (Å²) in [5.41, 5.74) is 2.69. The van der Waals surface area contributed by atoms with E-state index in [9.17, 15) is 9.90 Å². The number of piperidine rings is 1. The predicted octanol–water partition coefficient (Wildman–Crippen LogP) is 2.98. The molecule has 1 aliphatic heterocycles. The Balaban J connectivity index is 1.82. The highest BCUT2D eigenvalue weighted by Crippen LogP contribution is 2.32. The van der Waals surface area contributed by atoms with Gasteiger partial charge in [0, 0.05) is 11.5 Å². The van der Waals surface area contributed by atoms with Crippen molar-refractivity contribution in [3.63, 3.8) is 0 Å². The Morgan fingerprint density at radius 1 is 1.12 bits per heavy atom. The molecule has 26 heavy (non-hydrogen) atoms. The topological polar surface area (TPSA) is 54.9 Å². The van der Waals surface area contributed by atoms with Gasteiger partial charge in [-0.3, -0.25) is 0 Å². The Morgan fingerprint density at radius 3 is 2.58 bits per heavy atom. The number of likely N-dealkylation sites (tertiary alicyclic amines) is 1. The van der Waals surface area contributed by atoms with Gasteiger partial charge in [0.05, 0.1) is 18.7 Å². The fourth-order valence-corrected chi connectivity index (χ4v) is 3.90. The summed E-state index contributed by atoms with van der Waals surface area (Å²) in [5, 5.41) is 11.3. The average molecular weight is 350 g/mol. The van der Waals surface area contributed by atoms with E-state index in [1.54, 1.807) is 6.07 Å². The van der Waals surface area contributed by atoms with Crippen molar-refractivity contribution in [2.24, 2.45) is 5.92 Å². The van der Waals surface area contributed by atoms with Crippen molar-refractivity contribution in [1.29, 1.82) is 0 Å². The molecule has 3 aromatic rings. The van der Waals surface area contributed by atoms with Crippen molar-refractivity contribution >= 4 is 11.0 Å². The molecule has 0 unspecified atom stereocenters. The third kappa shape index (κ3) is 3.25. The van der Waals surface area contributed by atoms with E-state index in [1.807, 2.05) is 36.4 Å². The van der Waals surface area contributed by atoms with Crippen LogP contribution in [-0.2, 0) is 6.54 Å². The molecule has 4 nitrogen and oxygen atoms in total. The van der Waals surface area contributed by atoms with Crippen LogP contribution in [0.4, 0.5) is 0 Å². The third-order valence-corrected chi connectivity index (χ3v) is 5.48. The molecule has 0 radical (unpaired) electrons. The minimum Gasteiger partial charge on any atom is -0.507 e. The summed E-state index contributed by atoms with van der Waals surface area (Å²) in [4.78, 5) is 13.7. The lowest BCUT2D eigenvalue weighted by atomic mass is 9.97. The van der Waals surface area contributed by atoms with Crippen LogP contribution in [0.25, 0.3) is 22.1 Å². The summed E-state index contributed by atoms with van der Waals surface area (Å²) in [6.07, 6.45) is 2.39. The number of fused-ring (bicyclic) bond motifs is 1. The lowest BCUT2D eigenvalue weighted by molar-refractivity contribution is -0.919. The molecule has 4 heteroatoms. The lowest BCUT2D eigenvalue weighted by Gasteiger charge is -2.27. The second-order valence-electron chi connectivity index (χ2n) is 7.39. The summed E-state index contributed by atoms with van der Waals surface area (Å²) in [6.45, 7) is 5.13. The zero-order chi connectivity index (χ0) is 18.1. The summed E-state index contributed by atoms with van der Waals surface area (Å²) in [5.74, 6) is 0.972. The minimum absolute atomic E-state index is 0.206. The Kier molecular flexibility index (Phi) is 4.51. The van der Waals surface area contributed by atoms with Crippen LogP contribution < -0.4 is 10.5 Å². The smallest absolute Gasteiger partial charge is 0.336 e. The average Bonchev–Trinajstić information content (AvgIpc) is 2.66. The molecule has 2 heterocycles. The van der Waals surface area contributed by atoms with Gasteiger partial charge in [-0.15, -0.1) is 0 Å². The van der Waals surface area contributed by atoms with Gasteiger partial charge >= 0.3 is 5.63 Å². The number of nitrogens with one attached hydrogen (secondary N) is 1. The van der Waals surface area contributed by atoms with E-state index in [-0.39, 0.29) is 11.4 Å². The zero-order valence-corrected chi connectivity index (χ0v) is 15.0. The van der Waals surface area contributed by atoms with Crippen LogP contribution in [0, 0.1) is 5.92 Å². The normalized spacial score (nSPS) is 20.3. The fourth-order valence-electron chi connectivity index (χ4n) is 3.90. The predicted molar refractivity (Wildman–Crippen MR) is 102 cm³/mol. The molecule has 0 saturated carbocycles. The molecule has 1 saturated heterocycles. The number of rotatable bonds is 3. The Morgan fingerprint density at radius 2 is 1.85 bits per heavy atom. The maximum Gasteiger partial charge on any atom is 0.336 e. The molecule has 4 rings (SSSR count). The van der Waals surface area contributed by atoms with E-state index in [2.05, 4.69) is 6.92 Å². The first-order chi connectivity index (χ1) is 12.6. The van der Waals surface area contributed by atoms with E-state index in [0.29, 0.717) is 12.1 Å². The van der Waals surface area contributed by atoms with Crippen LogP contribution in [0.1, 0.15) is 25.3 Å². The standard InChI is InChI=1S/C22H23NO3/c1-15-9-11-23(12-10-15)14-19-20(24)8-7-17-18(13-21(25)26-22(17)19)16-5-3-2-4-6-16/h2-8,13,15,24H,9-12,14H2,1H3/p+1. The quantitative estimate of drug-likeness (QED) is 0.714. The maximum atomic E-state index is 12.2. The van der Waals surface area contributed by atoms with E-state index in [0.717, 1.165) is 41.1 Å². The molecule has 1 aromatic heterocycles. The van der Waals surface area contributed by atoms with Crippen molar-refractivity contribution in [1.82, 2.24) is 0 Å². The monoisotopic (exact) mass is 350 g/mol.